The van der Waals surface area contributed by atoms with E-state index >= 15 is 0 Å². The lowest BCUT2D eigenvalue weighted by molar-refractivity contribution is -0.116. The number of esters is 1. The Kier molecular flexibility index (Phi) is 7.45. The van der Waals surface area contributed by atoms with E-state index in [2.05, 4.69) is 10.3 Å². The van der Waals surface area contributed by atoms with Gasteiger partial charge >= 0.3 is 5.97 Å². The minimum atomic E-state index is -0.470. The highest BCUT2D eigenvalue weighted by Gasteiger charge is 2.18. The number of ether oxygens (including phenoxy) is 1. The Hall–Kier alpha value is -3.32. The molecule has 0 atom stereocenters. The smallest absolute Gasteiger partial charge is 0.350 e. The summed E-state index contributed by atoms with van der Waals surface area (Å²) in [5, 5.41) is 3.04. The number of benzene rings is 2. The normalized spacial score (nSPS) is 10.4. The van der Waals surface area contributed by atoms with Crippen LogP contribution in [0.1, 0.15) is 50.5 Å². The lowest BCUT2D eigenvalue weighted by Gasteiger charge is -2.03. The van der Waals surface area contributed by atoms with Crippen molar-refractivity contribution in [1.29, 1.82) is 0 Å². The zero-order chi connectivity index (χ0) is 21.3. The number of ketones is 1. The number of nitrogens with one attached hydrogen (secondary N) is 1. The van der Waals surface area contributed by atoms with Crippen LogP contribution < -0.4 is 5.32 Å². The van der Waals surface area contributed by atoms with E-state index in [-0.39, 0.29) is 24.7 Å². The van der Waals surface area contributed by atoms with Gasteiger partial charge in [0.05, 0.1) is 5.69 Å². The number of hydrogen-bond acceptors (Lipinski definition) is 6. The van der Waals surface area contributed by atoms with Crippen molar-refractivity contribution in [2.24, 2.45) is 0 Å². The third-order valence-electron chi connectivity index (χ3n) is 4.34. The molecular formula is C23H22N2O4S. The van der Waals surface area contributed by atoms with Crippen molar-refractivity contribution < 1.29 is 19.1 Å². The van der Waals surface area contributed by atoms with Gasteiger partial charge in [-0.05, 0) is 18.9 Å². The van der Waals surface area contributed by atoms with Crippen molar-refractivity contribution in [3.8, 4) is 0 Å². The zero-order valence-electron chi connectivity index (χ0n) is 16.6. The Morgan fingerprint density at radius 1 is 0.967 bits per heavy atom. The molecule has 3 aromatic rings. The van der Waals surface area contributed by atoms with Gasteiger partial charge in [0, 0.05) is 18.4 Å². The van der Waals surface area contributed by atoms with E-state index in [4.69, 9.17) is 4.74 Å². The molecule has 0 aliphatic heterocycles. The van der Waals surface area contributed by atoms with Crippen molar-refractivity contribution in [3.05, 3.63) is 82.4 Å². The molecule has 1 N–H and O–H groups in total. The fraction of sp³-hybridized carbons (Fsp3) is 0.217. The van der Waals surface area contributed by atoms with Gasteiger partial charge in [0.25, 0.3) is 0 Å². The van der Waals surface area contributed by atoms with Gasteiger partial charge in [-0.25, -0.2) is 9.78 Å². The lowest BCUT2D eigenvalue weighted by Crippen LogP contribution is -2.11. The molecule has 6 nitrogen and oxygen atoms in total. The maximum atomic E-state index is 12.3. The molecule has 0 saturated carbocycles. The molecule has 0 spiro atoms. The molecule has 3 rings (SSSR count). The number of carbonyl (C=O) groups excluding carboxylic acids is 3. The maximum absolute atomic E-state index is 12.3. The number of amides is 1. The number of anilines is 1. The van der Waals surface area contributed by atoms with Gasteiger partial charge in [0.2, 0.25) is 5.91 Å². The van der Waals surface area contributed by atoms with E-state index in [1.165, 1.54) is 0 Å². The molecule has 0 radical (unpaired) electrons. The average molecular weight is 423 g/mol. The molecule has 154 valence electrons. The molecule has 2 aromatic carbocycles. The van der Waals surface area contributed by atoms with Crippen LogP contribution in [-0.2, 0) is 16.1 Å². The molecule has 0 fully saturated rings. The van der Waals surface area contributed by atoms with E-state index in [0.717, 1.165) is 16.9 Å². The van der Waals surface area contributed by atoms with Crippen molar-refractivity contribution in [3.63, 3.8) is 0 Å². The number of carbonyl (C=O) groups is 3. The third-order valence-corrected chi connectivity index (χ3v) is 5.40. The Balaban J connectivity index is 1.46. The van der Waals surface area contributed by atoms with Crippen LogP contribution in [0.2, 0.25) is 0 Å². The van der Waals surface area contributed by atoms with Gasteiger partial charge in [0.1, 0.15) is 11.5 Å². The number of rotatable bonds is 9. The molecule has 0 unspecified atom stereocenters. The predicted octanol–water partition coefficient (Wildman–Crippen LogP) is 4.80. The molecule has 30 heavy (non-hydrogen) atoms. The molecular weight excluding hydrogens is 400 g/mol. The lowest BCUT2D eigenvalue weighted by atomic mass is 10.1. The second-order valence-electron chi connectivity index (χ2n) is 6.69. The minimum Gasteiger partial charge on any atom is -0.457 e. The molecule has 7 heteroatoms. The number of hydrogen-bond donors (Lipinski definition) is 1. The number of Topliss-reactive ketones (excluding diaryl/α,β-unsaturated/α-hetero) is 1. The zero-order valence-corrected chi connectivity index (χ0v) is 17.4. The molecule has 0 bridgehead atoms. The van der Waals surface area contributed by atoms with E-state index in [9.17, 15) is 14.4 Å². The Labute approximate surface area is 178 Å². The Bertz CT molecular complexity index is 1020. The summed E-state index contributed by atoms with van der Waals surface area (Å²) in [5.41, 5.74) is 2.05. The molecule has 1 amide bonds. The quantitative estimate of drug-likeness (QED) is 0.395. The first-order valence-corrected chi connectivity index (χ1v) is 10.4. The average Bonchev–Trinajstić information content (AvgIpc) is 3.13. The van der Waals surface area contributed by atoms with Crippen LogP contribution in [0.25, 0.3) is 0 Å². The highest BCUT2D eigenvalue weighted by Crippen LogP contribution is 2.24. The SMILES string of the molecule is Cc1nc(NC(=O)CCCC(=O)c2ccccc2)sc1C(=O)OCc1ccccc1. The summed E-state index contributed by atoms with van der Waals surface area (Å²) in [6.45, 7) is 1.87. The van der Waals surface area contributed by atoms with Crippen LogP contribution in [0.3, 0.4) is 0 Å². The van der Waals surface area contributed by atoms with Gasteiger partial charge in [0.15, 0.2) is 10.9 Å². The predicted molar refractivity (Wildman–Crippen MR) is 116 cm³/mol. The van der Waals surface area contributed by atoms with Crippen LogP contribution in [0.4, 0.5) is 5.13 Å². The van der Waals surface area contributed by atoms with E-state index in [1.807, 2.05) is 48.5 Å². The molecule has 1 aromatic heterocycles. The monoisotopic (exact) mass is 422 g/mol. The third kappa shape index (κ3) is 6.09. The number of thiazole rings is 1. The fourth-order valence-electron chi connectivity index (χ4n) is 2.79. The fourth-order valence-corrected chi connectivity index (χ4v) is 3.66. The van der Waals surface area contributed by atoms with Gasteiger partial charge < -0.3 is 10.1 Å². The molecule has 0 aliphatic carbocycles. The van der Waals surface area contributed by atoms with Crippen LogP contribution >= 0.6 is 11.3 Å². The number of aromatic nitrogens is 1. The van der Waals surface area contributed by atoms with Crippen molar-refractivity contribution in [2.45, 2.75) is 32.8 Å². The Morgan fingerprint density at radius 3 is 2.33 bits per heavy atom. The first kappa shape index (κ1) is 21.4. The van der Waals surface area contributed by atoms with Crippen LogP contribution in [0, 0.1) is 6.92 Å². The standard InChI is InChI=1S/C23H22N2O4S/c1-16-21(22(28)29-15-17-9-4-2-5-10-17)30-23(24-16)25-20(27)14-8-13-19(26)18-11-6-3-7-12-18/h2-7,9-12H,8,13-15H2,1H3,(H,24,25,27). The van der Waals surface area contributed by atoms with Gasteiger partial charge in [-0.3, -0.25) is 9.59 Å². The summed E-state index contributed by atoms with van der Waals surface area (Å²) in [6.07, 6.45) is 0.937. The topological polar surface area (TPSA) is 85.4 Å². The molecule has 0 saturated heterocycles. The maximum Gasteiger partial charge on any atom is 0.350 e. The van der Waals surface area contributed by atoms with Crippen molar-refractivity contribution in [1.82, 2.24) is 4.98 Å². The van der Waals surface area contributed by atoms with Crippen molar-refractivity contribution >= 4 is 34.1 Å². The van der Waals surface area contributed by atoms with Crippen LogP contribution in [-0.4, -0.2) is 22.6 Å². The number of aryl methyl sites for hydroxylation is 1. The van der Waals surface area contributed by atoms with E-state index in [0.29, 0.717) is 34.1 Å². The molecule has 1 heterocycles. The van der Waals surface area contributed by atoms with E-state index < -0.39 is 5.97 Å². The van der Waals surface area contributed by atoms with Gasteiger partial charge in [-0.1, -0.05) is 72.0 Å². The first-order valence-electron chi connectivity index (χ1n) is 9.59. The second-order valence-corrected chi connectivity index (χ2v) is 7.69. The highest BCUT2D eigenvalue weighted by molar-refractivity contribution is 7.17. The summed E-state index contributed by atoms with van der Waals surface area (Å²) in [6, 6.07) is 18.4. The highest BCUT2D eigenvalue weighted by atomic mass is 32.1. The van der Waals surface area contributed by atoms with Crippen molar-refractivity contribution in [2.75, 3.05) is 5.32 Å². The second kappa shape index (κ2) is 10.5. The van der Waals surface area contributed by atoms with Crippen LogP contribution in [0.5, 0.6) is 0 Å². The van der Waals surface area contributed by atoms with E-state index in [1.54, 1.807) is 19.1 Å². The number of nitrogens with zero attached hydrogens (tertiary/aromatic N) is 1. The van der Waals surface area contributed by atoms with Crippen LogP contribution in [0.15, 0.2) is 60.7 Å². The summed E-state index contributed by atoms with van der Waals surface area (Å²) in [5.74, 6) is -0.700. The largest absolute Gasteiger partial charge is 0.457 e. The van der Waals surface area contributed by atoms with Gasteiger partial charge in [-0.15, -0.1) is 0 Å². The van der Waals surface area contributed by atoms with Gasteiger partial charge in [-0.2, -0.15) is 0 Å². The summed E-state index contributed by atoms with van der Waals surface area (Å²) in [4.78, 5) is 41.2. The minimum absolute atomic E-state index is 0.0111. The summed E-state index contributed by atoms with van der Waals surface area (Å²) < 4.78 is 5.33. The first-order chi connectivity index (χ1) is 14.5. The Morgan fingerprint density at radius 2 is 1.63 bits per heavy atom. The molecule has 0 aliphatic rings. The summed E-state index contributed by atoms with van der Waals surface area (Å²) in [7, 11) is 0. The summed E-state index contributed by atoms with van der Waals surface area (Å²) >= 11 is 1.08.